The summed E-state index contributed by atoms with van der Waals surface area (Å²) in [5.74, 6) is 1.75. The van der Waals surface area contributed by atoms with Crippen LogP contribution in [0.15, 0.2) is 63.6 Å². The number of oxime groups is 1. The van der Waals surface area contributed by atoms with Crippen LogP contribution in [0.3, 0.4) is 0 Å². The Kier molecular flexibility index (Phi) is 7.19. The molecule has 186 valence electrons. The summed E-state index contributed by atoms with van der Waals surface area (Å²) in [7, 11) is -4.01. The first-order valence-electron chi connectivity index (χ1n) is 11.4. The number of hydrogen-bond acceptors (Lipinski definition) is 8. The summed E-state index contributed by atoms with van der Waals surface area (Å²) in [5, 5.41) is 8.48. The minimum atomic E-state index is -4.01. The molecule has 0 spiro atoms. The summed E-state index contributed by atoms with van der Waals surface area (Å²) in [6, 6.07) is 11.9. The Hall–Kier alpha value is -4.01. The molecule has 2 heterocycles. The first-order chi connectivity index (χ1) is 17.3. The molecule has 0 aliphatic carbocycles. The number of benzene rings is 2. The number of aromatic nitrogens is 2. The molecule has 10 heteroatoms. The molecule has 36 heavy (non-hydrogen) atoms. The molecule has 4 rings (SSSR count). The van der Waals surface area contributed by atoms with Crippen LogP contribution in [0.4, 0.5) is 0 Å². The molecule has 1 aliphatic heterocycles. The number of hydrogen-bond donors (Lipinski definition) is 0. The quantitative estimate of drug-likeness (QED) is 0.259. The third-order valence-electron chi connectivity index (χ3n) is 5.89. The van der Waals surface area contributed by atoms with Crippen LogP contribution in [0.25, 0.3) is 11.1 Å². The Morgan fingerprint density at radius 1 is 1.14 bits per heavy atom. The standard InChI is InChI=1S/C26H25N3O6S/c1-4-29-26(34-16-23(31)18-9-7-6-8-10-18)21(14-27-29)20-11-12-24-25(17(20)3)22(28-35-5-2)13-19(15-30)36(24,32)33/h6-12,14H,4-5,13,16H2,1-3H3. The highest BCUT2D eigenvalue weighted by molar-refractivity contribution is 7.95. The van der Waals surface area contributed by atoms with Crippen molar-refractivity contribution < 1.29 is 27.6 Å². The van der Waals surface area contributed by atoms with Gasteiger partial charge < -0.3 is 9.57 Å². The third kappa shape index (κ3) is 4.48. The maximum absolute atomic E-state index is 13.0. The van der Waals surface area contributed by atoms with Gasteiger partial charge in [0, 0.05) is 24.1 Å². The minimum Gasteiger partial charge on any atom is -0.469 e. The molecule has 0 amide bonds. The molecule has 0 bridgehead atoms. The lowest BCUT2D eigenvalue weighted by molar-refractivity contribution is 0.0914. The van der Waals surface area contributed by atoms with Crippen molar-refractivity contribution in [3.8, 4) is 17.0 Å². The summed E-state index contributed by atoms with van der Waals surface area (Å²) >= 11 is 0. The number of Topliss-reactive ketones (excluding diaryl/α,β-unsaturated/α-hetero) is 1. The van der Waals surface area contributed by atoms with E-state index in [1.807, 2.05) is 13.0 Å². The van der Waals surface area contributed by atoms with Gasteiger partial charge in [-0.25, -0.2) is 17.9 Å². The second kappa shape index (κ2) is 10.3. The smallest absolute Gasteiger partial charge is 0.220 e. The summed E-state index contributed by atoms with van der Waals surface area (Å²) < 4.78 is 33.6. The number of carbonyl (C=O) groups is 1. The first kappa shape index (κ1) is 25.1. The van der Waals surface area contributed by atoms with Crippen molar-refractivity contribution in [2.75, 3.05) is 13.2 Å². The highest BCUT2D eigenvalue weighted by Crippen LogP contribution is 2.40. The number of allylic oxidation sites excluding steroid dienone is 1. The van der Waals surface area contributed by atoms with E-state index in [1.165, 1.54) is 6.07 Å². The second-order valence-corrected chi connectivity index (χ2v) is 9.97. The number of sulfone groups is 1. The van der Waals surface area contributed by atoms with Crippen LogP contribution in [0.2, 0.25) is 0 Å². The largest absolute Gasteiger partial charge is 0.469 e. The number of aryl methyl sites for hydroxylation is 1. The molecule has 0 atom stereocenters. The monoisotopic (exact) mass is 507 g/mol. The van der Waals surface area contributed by atoms with Crippen molar-refractivity contribution in [1.82, 2.24) is 9.78 Å². The van der Waals surface area contributed by atoms with E-state index < -0.39 is 9.84 Å². The maximum Gasteiger partial charge on any atom is 0.220 e. The number of nitrogens with zero attached hydrogens (tertiary/aromatic N) is 3. The normalized spacial score (nSPS) is 15.3. The van der Waals surface area contributed by atoms with E-state index in [0.29, 0.717) is 46.0 Å². The lowest BCUT2D eigenvalue weighted by Crippen LogP contribution is -2.23. The van der Waals surface area contributed by atoms with Crippen LogP contribution < -0.4 is 4.74 Å². The minimum absolute atomic E-state index is 0.0311. The summed E-state index contributed by atoms with van der Waals surface area (Å²) in [6.07, 6.45) is 1.40. The molecule has 0 saturated carbocycles. The molecule has 0 saturated heterocycles. The lowest BCUT2D eigenvalue weighted by atomic mass is 9.94. The van der Waals surface area contributed by atoms with Crippen molar-refractivity contribution in [2.24, 2.45) is 5.16 Å². The average molecular weight is 508 g/mol. The van der Waals surface area contributed by atoms with E-state index in [4.69, 9.17) is 9.57 Å². The number of ketones is 1. The van der Waals surface area contributed by atoms with E-state index in [1.54, 1.807) is 61.0 Å². The fraction of sp³-hybridized carbons (Fsp3) is 0.269. The van der Waals surface area contributed by atoms with E-state index in [0.717, 1.165) is 0 Å². The SMILES string of the molecule is CCON=C1CC(=C=O)S(=O)(=O)c2ccc(-c3cnn(CC)c3OCC(=O)c3ccccc3)c(C)c21. The van der Waals surface area contributed by atoms with E-state index in [9.17, 15) is 18.0 Å². The maximum atomic E-state index is 13.0. The number of carbonyl (C=O) groups excluding carboxylic acids is 2. The summed E-state index contributed by atoms with van der Waals surface area (Å²) in [6.45, 7) is 6.01. The lowest BCUT2D eigenvalue weighted by Gasteiger charge is -2.22. The van der Waals surface area contributed by atoms with Gasteiger partial charge in [-0.05, 0) is 38.0 Å². The Labute approximate surface area is 208 Å². The van der Waals surface area contributed by atoms with Gasteiger partial charge in [0.05, 0.1) is 22.4 Å². The Morgan fingerprint density at radius 2 is 1.89 bits per heavy atom. The highest BCUT2D eigenvalue weighted by atomic mass is 32.2. The Bertz CT molecular complexity index is 1500. The zero-order valence-electron chi connectivity index (χ0n) is 20.1. The van der Waals surface area contributed by atoms with Crippen molar-refractivity contribution in [3.05, 3.63) is 70.3 Å². The van der Waals surface area contributed by atoms with Crippen molar-refractivity contribution >= 4 is 27.3 Å². The van der Waals surface area contributed by atoms with Crippen molar-refractivity contribution in [1.29, 1.82) is 0 Å². The van der Waals surface area contributed by atoms with Gasteiger partial charge in [-0.2, -0.15) is 5.10 Å². The fourth-order valence-electron chi connectivity index (χ4n) is 4.12. The highest BCUT2D eigenvalue weighted by Gasteiger charge is 2.36. The molecule has 1 aliphatic rings. The van der Waals surface area contributed by atoms with Crippen LogP contribution in [0.1, 0.15) is 41.8 Å². The zero-order chi connectivity index (χ0) is 25.9. The number of fused-ring (bicyclic) bond motifs is 1. The van der Waals surface area contributed by atoms with Crippen LogP contribution in [0.5, 0.6) is 5.88 Å². The van der Waals surface area contributed by atoms with E-state index >= 15 is 0 Å². The molecule has 2 aromatic carbocycles. The summed E-state index contributed by atoms with van der Waals surface area (Å²) in [5.41, 5.74) is 3.10. The average Bonchev–Trinajstić information content (AvgIpc) is 3.30. The molecular weight excluding hydrogens is 482 g/mol. The van der Waals surface area contributed by atoms with Crippen molar-refractivity contribution in [3.63, 3.8) is 0 Å². The van der Waals surface area contributed by atoms with Gasteiger partial charge in [0.15, 0.2) is 12.4 Å². The molecule has 0 unspecified atom stereocenters. The fourth-order valence-corrected chi connectivity index (χ4v) is 5.61. The van der Waals surface area contributed by atoms with Crippen LogP contribution >= 0.6 is 0 Å². The van der Waals surface area contributed by atoms with Gasteiger partial charge in [-0.1, -0.05) is 41.6 Å². The molecule has 0 fully saturated rings. The van der Waals surface area contributed by atoms with Crippen LogP contribution in [0, 0.1) is 6.92 Å². The third-order valence-corrected chi connectivity index (χ3v) is 7.69. The summed E-state index contributed by atoms with van der Waals surface area (Å²) in [4.78, 5) is 28.8. The predicted molar refractivity (Wildman–Crippen MR) is 134 cm³/mol. The Morgan fingerprint density at radius 3 is 2.56 bits per heavy atom. The van der Waals surface area contributed by atoms with Gasteiger partial charge in [-0.3, -0.25) is 4.79 Å². The number of rotatable bonds is 8. The van der Waals surface area contributed by atoms with Gasteiger partial charge >= 0.3 is 0 Å². The van der Waals surface area contributed by atoms with E-state index in [-0.39, 0.29) is 35.2 Å². The molecule has 1 aromatic heterocycles. The van der Waals surface area contributed by atoms with Crippen molar-refractivity contribution in [2.45, 2.75) is 38.6 Å². The first-order valence-corrected chi connectivity index (χ1v) is 12.9. The molecule has 0 N–H and O–H groups in total. The van der Waals surface area contributed by atoms with Crippen LogP contribution in [-0.2, 0) is 26.0 Å². The number of ether oxygens (including phenoxy) is 1. The zero-order valence-corrected chi connectivity index (χ0v) is 21.0. The van der Waals surface area contributed by atoms with E-state index in [2.05, 4.69) is 10.3 Å². The van der Waals surface area contributed by atoms with Gasteiger partial charge in [0.1, 0.15) is 17.5 Å². The predicted octanol–water partition coefficient (Wildman–Crippen LogP) is 3.77. The van der Waals surface area contributed by atoms with Gasteiger partial charge in [0.25, 0.3) is 0 Å². The van der Waals surface area contributed by atoms with Crippen LogP contribution in [-0.4, -0.2) is 48.8 Å². The van der Waals surface area contributed by atoms with Gasteiger partial charge in [-0.15, -0.1) is 0 Å². The molecule has 9 nitrogen and oxygen atoms in total. The van der Waals surface area contributed by atoms with Gasteiger partial charge in [0.2, 0.25) is 15.7 Å². The topological polar surface area (TPSA) is 117 Å². The second-order valence-electron chi connectivity index (χ2n) is 8.03. The Balaban J connectivity index is 1.80. The molecule has 0 radical (unpaired) electrons. The molecule has 3 aromatic rings. The molecular formula is C26H25N3O6S.